The number of nitrogens with zero attached hydrogens (tertiary/aromatic N) is 2. The van der Waals surface area contributed by atoms with E-state index in [1.165, 1.54) is 0 Å². The van der Waals surface area contributed by atoms with Crippen LogP contribution in [0.15, 0.2) is 42.7 Å². The monoisotopic (exact) mass is 272 g/mol. The molecule has 0 saturated heterocycles. The average molecular weight is 272 g/mol. The summed E-state index contributed by atoms with van der Waals surface area (Å²) in [6.07, 6.45) is 3.98. The summed E-state index contributed by atoms with van der Waals surface area (Å²) in [5.41, 5.74) is 1.90. The standard InChI is InChI=1S/C15H20N4O/c1-2-16-8-9-17-15(20)10-13-11-18-19(12-13)14-6-4-3-5-7-14/h3-7,11-12,16H,2,8-10H2,1H3,(H,17,20). The number of aromatic nitrogens is 2. The van der Waals surface area contributed by atoms with Gasteiger partial charge in [0.15, 0.2) is 0 Å². The van der Waals surface area contributed by atoms with Crippen LogP contribution in [0.25, 0.3) is 5.69 Å². The smallest absolute Gasteiger partial charge is 0.224 e. The van der Waals surface area contributed by atoms with Crippen molar-refractivity contribution in [2.75, 3.05) is 19.6 Å². The van der Waals surface area contributed by atoms with Crippen LogP contribution in [0.4, 0.5) is 0 Å². The molecule has 5 nitrogen and oxygen atoms in total. The SMILES string of the molecule is CCNCCNC(=O)Cc1cnn(-c2ccccc2)c1. The third-order valence-electron chi connectivity index (χ3n) is 2.90. The maximum atomic E-state index is 11.7. The van der Waals surface area contributed by atoms with E-state index in [1.807, 2.05) is 43.5 Å². The van der Waals surface area contributed by atoms with E-state index in [2.05, 4.69) is 15.7 Å². The van der Waals surface area contributed by atoms with Gasteiger partial charge >= 0.3 is 0 Å². The molecule has 1 aromatic heterocycles. The van der Waals surface area contributed by atoms with Gasteiger partial charge in [-0.15, -0.1) is 0 Å². The molecule has 2 aromatic rings. The largest absolute Gasteiger partial charge is 0.355 e. The molecular weight excluding hydrogens is 252 g/mol. The summed E-state index contributed by atoms with van der Waals surface area (Å²) in [6.45, 7) is 4.41. The number of para-hydroxylation sites is 1. The molecule has 0 aliphatic heterocycles. The Balaban J connectivity index is 1.85. The van der Waals surface area contributed by atoms with Gasteiger partial charge in [0.2, 0.25) is 5.91 Å². The zero-order valence-corrected chi connectivity index (χ0v) is 11.7. The number of likely N-dealkylation sites (N-methyl/N-ethyl adjacent to an activating group) is 1. The van der Waals surface area contributed by atoms with E-state index in [0.717, 1.165) is 24.3 Å². The van der Waals surface area contributed by atoms with E-state index in [-0.39, 0.29) is 5.91 Å². The highest BCUT2D eigenvalue weighted by atomic mass is 16.1. The van der Waals surface area contributed by atoms with Crippen molar-refractivity contribution in [3.63, 3.8) is 0 Å². The number of carbonyl (C=O) groups is 1. The van der Waals surface area contributed by atoms with Crippen molar-refractivity contribution in [3.8, 4) is 5.69 Å². The Hall–Kier alpha value is -2.14. The highest BCUT2D eigenvalue weighted by Gasteiger charge is 2.06. The molecule has 0 bridgehead atoms. The highest BCUT2D eigenvalue weighted by Crippen LogP contribution is 2.07. The number of amides is 1. The molecule has 1 amide bonds. The predicted octanol–water partition coefficient (Wildman–Crippen LogP) is 1.14. The molecule has 1 aromatic carbocycles. The van der Waals surface area contributed by atoms with Gasteiger partial charge in [0, 0.05) is 19.3 Å². The summed E-state index contributed by atoms with van der Waals surface area (Å²) in [6, 6.07) is 9.85. The molecule has 2 rings (SSSR count). The van der Waals surface area contributed by atoms with Crippen molar-refractivity contribution >= 4 is 5.91 Å². The summed E-state index contributed by atoms with van der Waals surface area (Å²) < 4.78 is 1.78. The zero-order valence-electron chi connectivity index (χ0n) is 11.7. The maximum absolute atomic E-state index is 11.7. The first-order valence-electron chi connectivity index (χ1n) is 6.86. The number of hydrogen-bond acceptors (Lipinski definition) is 3. The molecule has 5 heteroatoms. The predicted molar refractivity (Wildman–Crippen MR) is 78.8 cm³/mol. The van der Waals surface area contributed by atoms with E-state index < -0.39 is 0 Å². The summed E-state index contributed by atoms with van der Waals surface area (Å²) >= 11 is 0. The normalized spacial score (nSPS) is 10.4. The van der Waals surface area contributed by atoms with Gasteiger partial charge in [0.05, 0.1) is 18.3 Å². The van der Waals surface area contributed by atoms with Gasteiger partial charge in [0.25, 0.3) is 0 Å². The molecule has 0 atom stereocenters. The van der Waals surface area contributed by atoms with Crippen LogP contribution in [0, 0.1) is 0 Å². The van der Waals surface area contributed by atoms with Crippen LogP contribution < -0.4 is 10.6 Å². The van der Waals surface area contributed by atoms with Gasteiger partial charge in [-0.3, -0.25) is 4.79 Å². The van der Waals surface area contributed by atoms with Crippen molar-refractivity contribution < 1.29 is 4.79 Å². The van der Waals surface area contributed by atoms with Crippen LogP contribution in [0.3, 0.4) is 0 Å². The number of hydrogen-bond donors (Lipinski definition) is 2. The molecular formula is C15H20N4O. The molecule has 1 heterocycles. The number of benzene rings is 1. The first-order chi connectivity index (χ1) is 9.79. The molecule has 0 unspecified atom stereocenters. The minimum absolute atomic E-state index is 0.0236. The zero-order chi connectivity index (χ0) is 14.2. The fourth-order valence-electron chi connectivity index (χ4n) is 1.89. The molecule has 2 N–H and O–H groups in total. The van der Waals surface area contributed by atoms with Crippen LogP contribution in [0.5, 0.6) is 0 Å². The first-order valence-corrected chi connectivity index (χ1v) is 6.86. The topological polar surface area (TPSA) is 58.9 Å². The third-order valence-corrected chi connectivity index (χ3v) is 2.90. The van der Waals surface area contributed by atoms with Crippen LogP contribution >= 0.6 is 0 Å². The fraction of sp³-hybridized carbons (Fsp3) is 0.333. The average Bonchev–Trinajstić information content (AvgIpc) is 2.93. The Morgan fingerprint density at radius 3 is 2.80 bits per heavy atom. The molecule has 0 saturated carbocycles. The second kappa shape index (κ2) is 7.45. The summed E-state index contributed by atoms with van der Waals surface area (Å²) in [5.74, 6) is 0.0236. The number of rotatable bonds is 7. The van der Waals surface area contributed by atoms with Crippen molar-refractivity contribution in [1.82, 2.24) is 20.4 Å². The molecule has 0 radical (unpaired) electrons. The lowest BCUT2D eigenvalue weighted by atomic mass is 10.2. The maximum Gasteiger partial charge on any atom is 0.224 e. The van der Waals surface area contributed by atoms with E-state index in [9.17, 15) is 4.79 Å². The Morgan fingerprint density at radius 1 is 1.25 bits per heavy atom. The lowest BCUT2D eigenvalue weighted by molar-refractivity contribution is -0.120. The van der Waals surface area contributed by atoms with Gasteiger partial charge in [-0.05, 0) is 24.2 Å². The van der Waals surface area contributed by atoms with E-state index in [0.29, 0.717) is 13.0 Å². The minimum atomic E-state index is 0.0236. The van der Waals surface area contributed by atoms with E-state index >= 15 is 0 Å². The fourth-order valence-corrected chi connectivity index (χ4v) is 1.89. The van der Waals surface area contributed by atoms with Gasteiger partial charge < -0.3 is 10.6 Å². The van der Waals surface area contributed by atoms with E-state index in [1.54, 1.807) is 10.9 Å². The first kappa shape index (κ1) is 14.3. The van der Waals surface area contributed by atoms with Crippen molar-refractivity contribution in [2.24, 2.45) is 0 Å². The Bertz CT molecular complexity index is 536. The van der Waals surface area contributed by atoms with Crippen LogP contribution in [-0.4, -0.2) is 35.3 Å². The van der Waals surface area contributed by atoms with Gasteiger partial charge in [-0.1, -0.05) is 25.1 Å². The molecule has 0 spiro atoms. The van der Waals surface area contributed by atoms with Gasteiger partial charge in [-0.25, -0.2) is 4.68 Å². The molecule has 0 fully saturated rings. The minimum Gasteiger partial charge on any atom is -0.355 e. The van der Waals surface area contributed by atoms with Crippen molar-refractivity contribution in [1.29, 1.82) is 0 Å². The quantitative estimate of drug-likeness (QED) is 0.743. The molecule has 0 aliphatic rings. The summed E-state index contributed by atoms with van der Waals surface area (Å²) in [5, 5.41) is 10.3. The van der Waals surface area contributed by atoms with Gasteiger partial charge in [-0.2, -0.15) is 5.10 Å². The highest BCUT2D eigenvalue weighted by molar-refractivity contribution is 5.78. The number of carbonyl (C=O) groups excluding carboxylic acids is 1. The lowest BCUT2D eigenvalue weighted by Crippen LogP contribution is -2.32. The second-order valence-electron chi connectivity index (χ2n) is 4.51. The Labute approximate surface area is 119 Å². The molecule has 0 aliphatic carbocycles. The van der Waals surface area contributed by atoms with Crippen molar-refractivity contribution in [3.05, 3.63) is 48.3 Å². The summed E-state index contributed by atoms with van der Waals surface area (Å²) in [4.78, 5) is 11.7. The van der Waals surface area contributed by atoms with Crippen LogP contribution in [0.1, 0.15) is 12.5 Å². The molecule has 106 valence electrons. The lowest BCUT2D eigenvalue weighted by Gasteiger charge is -2.04. The molecule has 20 heavy (non-hydrogen) atoms. The summed E-state index contributed by atoms with van der Waals surface area (Å²) in [7, 11) is 0. The third kappa shape index (κ3) is 4.20. The van der Waals surface area contributed by atoms with Crippen LogP contribution in [-0.2, 0) is 11.2 Å². The number of nitrogens with one attached hydrogen (secondary N) is 2. The van der Waals surface area contributed by atoms with E-state index in [4.69, 9.17) is 0 Å². The Kier molecular flexibility index (Phi) is 5.32. The van der Waals surface area contributed by atoms with Crippen molar-refractivity contribution in [2.45, 2.75) is 13.3 Å². The second-order valence-corrected chi connectivity index (χ2v) is 4.51. The Morgan fingerprint density at radius 2 is 2.05 bits per heavy atom. The van der Waals surface area contributed by atoms with Gasteiger partial charge in [0.1, 0.15) is 0 Å². The van der Waals surface area contributed by atoms with Crippen LogP contribution in [0.2, 0.25) is 0 Å².